The molecular formula is C38H77Cl. The summed E-state index contributed by atoms with van der Waals surface area (Å²) in [6.07, 6.45) is 47.3. The van der Waals surface area contributed by atoms with E-state index in [0.29, 0.717) is 5.41 Å². The SMILES string of the molecule is CCCCCCCCCCCCC(CCl)(CCCCCCCCCCCC)CCCCCCCCCCCC. The fourth-order valence-electron chi connectivity index (χ4n) is 6.54. The highest BCUT2D eigenvalue weighted by Crippen LogP contribution is 2.38. The van der Waals surface area contributed by atoms with Gasteiger partial charge in [0.15, 0.2) is 0 Å². The predicted molar refractivity (Wildman–Crippen MR) is 183 cm³/mol. The summed E-state index contributed by atoms with van der Waals surface area (Å²) in [6.45, 7) is 6.94. The molecule has 0 aromatic heterocycles. The fourth-order valence-corrected chi connectivity index (χ4v) is 6.94. The topological polar surface area (TPSA) is 0 Å². The van der Waals surface area contributed by atoms with Crippen LogP contribution in [-0.2, 0) is 0 Å². The highest BCUT2D eigenvalue weighted by atomic mass is 35.5. The van der Waals surface area contributed by atoms with Crippen molar-refractivity contribution in [3.8, 4) is 0 Å². The van der Waals surface area contributed by atoms with E-state index in [-0.39, 0.29) is 0 Å². The van der Waals surface area contributed by atoms with Gasteiger partial charge >= 0.3 is 0 Å². The van der Waals surface area contributed by atoms with Crippen LogP contribution in [0.5, 0.6) is 0 Å². The van der Waals surface area contributed by atoms with Gasteiger partial charge in [0, 0.05) is 5.88 Å². The highest BCUT2D eigenvalue weighted by Gasteiger charge is 2.27. The summed E-state index contributed by atoms with van der Waals surface area (Å²) in [5.41, 5.74) is 0.433. The van der Waals surface area contributed by atoms with Crippen LogP contribution >= 0.6 is 11.6 Å². The van der Waals surface area contributed by atoms with Gasteiger partial charge in [-0.3, -0.25) is 0 Å². The van der Waals surface area contributed by atoms with E-state index in [9.17, 15) is 0 Å². The second-order valence-electron chi connectivity index (χ2n) is 13.4. The van der Waals surface area contributed by atoms with Crippen molar-refractivity contribution in [2.75, 3.05) is 5.88 Å². The van der Waals surface area contributed by atoms with Crippen molar-refractivity contribution in [3.63, 3.8) is 0 Å². The smallest absolute Gasteiger partial charge is 0.0279 e. The second kappa shape index (κ2) is 32.8. The van der Waals surface area contributed by atoms with Gasteiger partial charge in [0.25, 0.3) is 0 Å². The molecule has 0 bridgehead atoms. The molecule has 0 atom stereocenters. The number of hydrogen-bond acceptors (Lipinski definition) is 0. The van der Waals surface area contributed by atoms with Crippen molar-refractivity contribution < 1.29 is 0 Å². The third-order valence-electron chi connectivity index (χ3n) is 9.47. The molecule has 0 N–H and O–H groups in total. The molecule has 0 unspecified atom stereocenters. The van der Waals surface area contributed by atoms with Gasteiger partial charge in [0.05, 0.1) is 0 Å². The Hall–Kier alpha value is 0.290. The third kappa shape index (κ3) is 28.2. The number of hydrogen-bond donors (Lipinski definition) is 0. The van der Waals surface area contributed by atoms with Crippen molar-refractivity contribution >= 4 is 11.6 Å². The Morgan fingerprint density at radius 2 is 0.462 bits per heavy atom. The number of unbranched alkanes of at least 4 members (excludes halogenated alkanes) is 27. The maximum Gasteiger partial charge on any atom is 0.0279 e. The van der Waals surface area contributed by atoms with E-state index in [1.807, 2.05) is 0 Å². The van der Waals surface area contributed by atoms with Crippen LogP contribution in [0.25, 0.3) is 0 Å². The van der Waals surface area contributed by atoms with Crippen molar-refractivity contribution in [1.29, 1.82) is 0 Å². The maximum absolute atomic E-state index is 6.79. The zero-order chi connectivity index (χ0) is 28.5. The summed E-state index contributed by atoms with van der Waals surface area (Å²) in [5, 5.41) is 0. The van der Waals surface area contributed by atoms with Crippen molar-refractivity contribution in [2.24, 2.45) is 5.41 Å². The Morgan fingerprint density at radius 1 is 0.282 bits per heavy atom. The minimum Gasteiger partial charge on any atom is -0.126 e. The van der Waals surface area contributed by atoms with Crippen LogP contribution in [0.4, 0.5) is 0 Å². The molecule has 39 heavy (non-hydrogen) atoms. The average Bonchev–Trinajstić information content (AvgIpc) is 2.95. The van der Waals surface area contributed by atoms with Gasteiger partial charge in [-0.25, -0.2) is 0 Å². The molecule has 0 rings (SSSR count). The molecule has 0 aliphatic rings. The fraction of sp³-hybridized carbons (Fsp3) is 1.00. The van der Waals surface area contributed by atoms with Gasteiger partial charge in [0.2, 0.25) is 0 Å². The Balaban J connectivity index is 4.22. The Morgan fingerprint density at radius 3 is 0.641 bits per heavy atom. The van der Waals surface area contributed by atoms with E-state index in [2.05, 4.69) is 20.8 Å². The van der Waals surface area contributed by atoms with E-state index in [1.165, 1.54) is 212 Å². The van der Waals surface area contributed by atoms with E-state index in [0.717, 1.165) is 5.88 Å². The summed E-state index contributed by atoms with van der Waals surface area (Å²) in [5.74, 6) is 0.902. The van der Waals surface area contributed by atoms with Gasteiger partial charge in [-0.2, -0.15) is 0 Å². The molecule has 0 fully saturated rings. The lowest BCUT2D eigenvalue weighted by molar-refractivity contribution is 0.227. The summed E-state index contributed by atoms with van der Waals surface area (Å²) >= 11 is 6.79. The van der Waals surface area contributed by atoms with Crippen LogP contribution in [0.15, 0.2) is 0 Å². The lowest BCUT2D eigenvalue weighted by atomic mass is 9.75. The van der Waals surface area contributed by atoms with Crippen LogP contribution in [-0.4, -0.2) is 5.88 Å². The van der Waals surface area contributed by atoms with Gasteiger partial charge in [0.1, 0.15) is 0 Å². The molecule has 0 radical (unpaired) electrons. The van der Waals surface area contributed by atoms with Gasteiger partial charge in [-0.05, 0) is 24.7 Å². The molecule has 0 aliphatic carbocycles. The first kappa shape index (κ1) is 39.3. The number of halogens is 1. The first-order valence-electron chi connectivity index (χ1n) is 18.8. The van der Waals surface area contributed by atoms with Crippen molar-refractivity contribution in [2.45, 2.75) is 233 Å². The summed E-state index contributed by atoms with van der Waals surface area (Å²) in [6, 6.07) is 0. The number of alkyl halides is 1. The molecule has 0 aromatic carbocycles. The van der Waals surface area contributed by atoms with Gasteiger partial charge < -0.3 is 0 Å². The molecule has 0 aromatic rings. The molecule has 0 saturated carbocycles. The minimum absolute atomic E-state index is 0.433. The molecule has 236 valence electrons. The molecule has 0 amide bonds. The summed E-state index contributed by atoms with van der Waals surface area (Å²) in [7, 11) is 0. The lowest BCUT2D eigenvalue weighted by Crippen LogP contribution is -2.23. The van der Waals surface area contributed by atoms with Gasteiger partial charge in [-0.1, -0.05) is 213 Å². The van der Waals surface area contributed by atoms with Crippen molar-refractivity contribution in [3.05, 3.63) is 0 Å². The standard InChI is InChI=1S/C38H77Cl/c1-4-7-10-13-16-19-22-25-28-31-34-38(37-39,35-32-29-26-23-20-17-14-11-8-5-2)36-33-30-27-24-21-18-15-12-9-6-3/h4-37H2,1-3H3. The molecular weight excluding hydrogens is 492 g/mol. The predicted octanol–water partition coefficient (Wildman–Crippen LogP) is 15.1. The molecule has 0 nitrogen and oxygen atoms in total. The van der Waals surface area contributed by atoms with Crippen LogP contribution in [0.1, 0.15) is 233 Å². The average molecular weight is 569 g/mol. The first-order chi connectivity index (χ1) is 19.2. The molecule has 0 spiro atoms. The second-order valence-corrected chi connectivity index (χ2v) is 13.7. The van der Waals surface area contributed by atoms with E-state index in [1.54, 1.807) is 0 Å². The summed E-state index contributed by atoms with van der Waals surface area (Å²) < 4.78 is 0. The molecule has 0 saturated heterocycles. The van der Waals surface area contributed by atoms with E-state index in [4.69, 9.17) is 11.6 Å². The largest absolute Gasteiger partial charge is 0.126 e. The lowest BCUT2D eigenvalue weighted by Gasteiger charge is -2.32. The Kier molecular flexibility index (Phi) is 33.0. The summed E-state index contributed by atoms with van der Waals surface area (Å²) in [4.78, 5) is 0. The normalized spacial score (nSPS) is 12.0. The van der Waals surface area contributed by atoms with Crippen LogP contribution in [0.3, 0.4) is 0 Å². The zero-order valence-corrected chi connectivity index (χ0v) is 28.7. The first-order valence-corrected chi connectivity index (χ1v) is 19.3. The third-order valence-corrected chi connectivity index (χ3v) is 10.0. The van der Waals surface area contributed by atoms with Crippen molar-refractivity contribution in [1.82, 2.24) is 0 Å². The molecule has 0 aliphatic heterocycles. The highest BCUT2D eigenvalue weighted by molar-refractivity contribution is 6.18. The van der Waals surface area contributed by atoms with Gasteiger partial charge in [-0.15, -0.1) is 11.6 Å². The Labute approximate surface area is 255 Å². The van der Waals surface area contributed by atoms with E-state index < -0.39 is 0 Å². The zero-order valence-electron chi connectivity index (χ0n) is 27.9. The van der Waals surface area contributed by atoms with Crippen LogP contribution < -0.4 is 0 Å². The monoisotopic (exact) mass is 569 g/mol. The van der Waals surface area contributed by atoms with Crippen LogP contribution in [0, 0.1) is 5.41 Å². The molecule has 0 heterocycles. The maximum atomic E-state index is 6.79. The number of rotatable bonds is 34. The van der Waals surface area contributed by atoms with E-state index >= 15 is 0 Å². The minimum atomic E-state index is 0.433. The van der Waals surface area contributed by atoms with Crippen LogP contribution in [0.2, 0.25) is 0 Å². The quantitative estimate of drug-likeness (QED) is 0.0534. The molecule has 1 heteroatoms. The Bertz CT molecular complexity index is 371.